The van der Waals surface area contributed by atoms with E-state index in [-0.39, 0.29) is 0 Å². The molecule has 1 heterocycles. The standard InChI is InChI=1S/C13H25N3/c1-5-9-14-12(4)6-7-13-8-10-16(15-13)11(2)3/h8,10-12,14H,5-7,9H2,1-4H3. The molecule has 0 spiro atoms. The van der Waals surface area contributed by atoms with E-state index in [9.17, 15) is 0 Å². The summed E-state index contributed by atoms with van der Waals surface area (Å²) in [6, 6.07) is 3.18. The fraction of sp³-hybridized carbons (Fsp3) is 0.769. The quantitative estimate of drug-likeness (QED) is 0.770. The molecule has 3 heteroatoms. The van der Waals surface area contributed by atoms with Crippen LogP contribution in [0.5, 0.6) is 0 Å². The minimum atomic E-state index is 0.462. The van der Waals surface area contributed by atoms with Crippen LogP contribution in [-0.4, -0.2) is 22.4 Å². The van der Waals surface area contributed by atoms with Gasteiger partial charge in [0.1, 0.15) is 0 Å². The highest BCUT2D eigenvalue weighted by molar-refractivity contribution is 5.00. The molecule has 1 aromatic heterocycles. The molecule has 3 nitrogen and oxygen atoms in total. The molecule has 1 rings (SSSR count). The van der Waals surface area contributed by atoms with Crippen LogP contribution >= 0.6 is 0 Å². The number of nitrogens with zero attached hydrogens (tertiary/aromatic N) is 2. The fourth-order valence-electron chi connectivity index (χ4n) is 1.66. The minimum Gasteiger partial charge on any atom is -0.314 e. The number of aryl methyl sites for hydroxylation is 1. The van der Waals surface area contributed by atoms with Gasteiger partial charge in [-0.3, -0.25) is 4.68 Å². The normalized spacial score (nSPS) is 13.3. The summed E-state index contributed by atoms with van der Waals surface area (Å²) in [6.45, 7) is 9.87. The molecule has 0 saturated heterocycles. The maximum Gasteiger partial charge on any atom is 0.0625 e. The highest BCUT2D eigenvalue weighted by Gasteiger charge is 2.05. The Labute approximate surface area is 99.2 Å². The Morgan fingerprint density at radius 3 is 2.69 bits per heavy atom. The van der Waals surface area contributed by atoms with Gasteiger partial charge < -0.3 is 5.32 Å². The zero-order chi connectivity index (χ0) is 12.0. The van der Waals surface area contributed by atoms with E-state index in [2.05, 4.69) is 50.4 Å². The van der Waals surface area contributed by atoms with Crippen molar-refractivity contribution >= 4 is 0 Å². The lowest BCUT2D eigenvalue weighted by atomic mass is 10.1. The Kier molecular flexibility index (Phi) is 5.53. The average molecular weight is 223 g/mol. The molecule has 0 aliphatic carbocycles. The second kappa shape index (κ2) is 6.69. The smallest absolute Gasteiger partial charge is 0.0625 e. The van der Waals surface area contributed by atoms with Gasteiger partial charge in [-0.15, -0.1) is 0 Å². The van der Waals surface area contributed by atoms with Crippen molar-refractivity contribution in [1.82, 2.24) is 15.1 Å². The van der Waals surface area contributed by atoms with Crippen LogP contribution in [0.25, 0.3) is 0 Å². The Morgan fingerprint density at radius 1 is 1.38 bits per heavy atom. The molecular weight excluding hydrogens is 198 g/mol. The first-order valence-corrected chi connectivity index (χ1v) is 6.41. The van der Waals surface area contributed by atoms with Crippen molar-refractivity contribution in [2.24, 2.45) is 0 Å². The predicted octanol–water partition coefficient (Wildman–Crippen LogP) is 2.78. The van der Waals surface area contributed by atoms with Gasteiger partial charge in [-0.2, -0.15) is 5.10 Å². The van der Waals surface area contributed by atoms with E-state index in [0.717, 1.165) is 19.4 Å². The number of nitrogens with one attached hydrogen (secondary N) is 1. The molecule has 0 bridgehead atoms. The average Bonchev–Trinajstić information content (AvgIpc) is 2.72. The zero-order valence-electron chi connectivity index (χ0n) is 11.0. The molecule has 1 atom stereocenters. The molecular formula is C13H25N3. The van der Waals surface area contributed by atoms with E-state index in [1.165, 1.54) is 12.1 Å². The highest BCUT2D eigenvalue weighted by atomic mass is 15.3. The van der Waals surface area contributed by atoms with Gasteiger partial charge in [0.15, 0.2) is 0 Å². The van der Waals surface area contributed by atoms with Crippen LogP contribution in [0.3, 0.4) is 0 Å². The largest absolute Gasteiger partial charge is 0.314 e. The predicted molar refractivity (Wildman–Crippen MR) is 68.7 cm³/mol. The van der Waals surface area contributed by atoms with Gasteiger partial charge in [-0.05, 0) is 52.6 Å². The summed E-state index contributed by atoms with van der Waals surface area (Å²) in [5, 5.41) is 8.05. The van der Waals surface area contributed by atoms with Crippen LogP contribution in [0.15, 0.2) is 12.3 Å². The molecule has 1 aromatic rings. The monoisotopic (exact) mass is 223 g/mol. The summed E-state index contributed by atoms with van der Waals surface area (Å²) < 4.78 is 2.03. The first-order valence-electron chi connectivity index (χ1n) is 6.41. The molecule has 0 fully saturated rings. The van der Waals surface area contributed by atoms with E-state index < -0.39 is 0 Å². The maximum atomic E-state index is 4.55. The van der Waals surface area contributed by atoms with Crippen molar-refractivity contribution in [2.45, 2.75) is 59.0 Å². The lowest BCUT2D eigenvalue weighted by Gasteiger charge is -2.11. The molecule has 0 aliphatic heterocycles. The van der Waals surface area contributed by atoms with Crippen molar-refractivity contribution < 1.29 is 0 Å². The number of hydrogen-bond donors (Lipinski definition) is 1. The third-order valence-corrected chi connectivity index (χ3v) is 2.77. The molecule has 0 aliphatic rings. The summed E-state index contributed by atoms with van der Waals surface area (Å²) in [6.07, 6.45) is 5.50. The van der Waals surface area contributed by atoms with E-state index in [0.29, 0.717) is 12.1 Å². The minimum absolute atomic E-state index is 0.462. The topological polar surface area (TPSA) is 29.9 Å². The maximum absolute atomic E-state index is 4.55. The molecule has 1 N–H and O–H groups in total. The van der Waals surface area contributed by atoms with Gasteiger partial charge >= 0.3 is 0 Å². The number of aromatic nitrogens is 2. The van der Waals surface area contributed by atoms with Crippen molar-refractivity contribution in [3.8, 4) is 0 Å². The molecule has 16 heavy (non-hydrogen) atoms. The summed E-state index contributed by atoms with van der Waals surface area (Å²) >= 11 is 0. The lowest BCUT2D eigenvalue weighted by Crippen LogP contribution is -2.27. The van der Waals surface area contributed by atoms with Gasteiger partial charge in [0.25, 0.3) is 0 Å². The van der Waals surface area contributed by atoms with Gasteiger partial charge in [0, 0.05) is 18.3 Å². The van der Waals surface area contributed by atoms with Gasteiger partial charge in [-0.25, -0.2) is 0 Å². The molecule has 0 saturated carbocycles. The summed E-state index contributed by atoms with van der Waals surface area (Å²) in [5.74, 6) is 0. The van der Waals surface area contributed by atoms with Crippen molar-refractivity contribution in [3.05, 3.63) is 18.0 Å². The van der Waals surface area contributed by atoms with Crippen LogP contribution in [0.1, 0.15) is 52.3 Å². The van der Waals surface area contributed by atoms with E-state index in [4.69, 9.17) is 0 Å². The van der Waals surface area contributed by atoms with Crippen molar-refractivity contribution in [1.29, 1.82) is 0 Å². The number of rotatable bonds is 7. The third kappa shape index (κ3) is 4.35. The van der Waals surface area contributed by atoms with Crippen LogP contribution in [-0.2, 0) is 6.42 Å². The van der Waals surface area contributed by atoms with E-state index in [1.807, 2.05) is 4.68 Å². The van der Waals surface area contributed by atoms with E-state index in [1.54, 1.807) is 0 Å². The first kappa shape index (κ1) is 13.2. The van der Waals surface area contributed by atoms with Gasteiger partial charge in [0.05, 0.1) is 5.69 Å². The highest BCUT2D eigenvalue weighted by Crippen LogP contribution is 2.07. The second-order valence-electron chi connectivity index (χ2n) is 4.77. The van der Waals surface area contributed by atoms with E-state index >= 15 is 0 Å². The van der Waals surface area contributed by atoms with Gasteiger partial charge in [0.2, 0.25) is 0 Å². The first-order chi connectivity index (χ1) is 7.63. The van der Waals surface area contributed by atoms with Crippen molar-refractivity contribution in [2.75, 3.05) is 6.54 Å². The molecule has 92 valence electrons. The SMILES string of the molecule is CCCNC(C)CCc1ccn(C(C)C)n1. The number of hydrogen-bond acceptors (Lipinski definition) is 2. The Morgan fingerprint density at radius 2 is 2.12 bits per heavy atom. The summed E-state index contributed by atoms with van der Waals surface area (Å²) in [4.78, 5) is 0. The Bertz CT molecular complexity index is 291. The lowest BCUT2D eigenvalue weighted by molar-refractivity contribution is 0.498. The molecule has 0 radical (unpaired) electrons. The second-order valence-corrected chi connectivity index (χ2v) is 4.77. The molecule has 0 amide bonds. The Balaban J connectivity index is 2.31. The van der Waals surface area contributed by atoms with Crippen LogP contribution in [0, 0.1) is 0 Å². The zero-order valence-corrected chi connectivity index (χ0v) is 11.0. The fourth-order valence-corrected chi connectivity index (χ4v) is 1.66. The van der Waals surface area contributed by atoms with Crippen molar-refractivity contribution in [3.63, 3.8) is 0 Å². The molecule has 0 aromatic carbocycles. The van der Waals surface area contributed by atoms with Crippen LogP contribution in [0.2, 0.25) is 0 Å². The van der Waals surface area contributed by atoms with Gasteiger partial charge in [-0.1, -0.05) is 6.92 Å². The Hall–Kier alpha value is -0.830. The summed E-state index contributed by atoms with van der Waals surface area (Å²) in [5.41, 5.74) is 1.21. The molecule has 1 unspecified atom stereocenters. The van der Waals surface area contributed by atoms with Crippen LogP contribution < -0.4 is 5.32 Å². The summed E-state index contributed by atoms with van der Waals surface area (Å²) in [7, 11) is 0. The van der Waals surface area contributed by atoms with Crippen LogP contribution in [0.4, 0.5) is 0 Å². The third-order valence-electron chi connectivity index (χ3n) is 2.77.